The number of nitrogens with zero attached hydrogens (tertiary/aromatic N) is 8. The minimum Gasteiger partial charge on any atom is -0.366 e. The van der Waals surface area contributed by atoms with Gasteiger partial charge in [0.05, 0.1) is 50.7 Å². The number of aromatic nitrogens is 5. The Morgan fingerprint density at radius 3 is 2.20 bits per heavy atom. The number of urea groups is 1. The van der Waals surface area contributed by atoms with Crippen LogP contribution in [0.5, 0.6) is 0 Å². The molecule has 9 heterocycles. The van der Waals surface area contributed by atoms with Gasteiger partial charge in [0.2, 0.25) is 0 Å². The third-order valence-electron chi connectivity index (χ3n) is 9.33. The van der Waals surface area contributed by atoms with Crippen LogP contribution in [0.25, 0.3) is 22.5 Å². The van der Waals surface area contributed by atoms with Crippen LogP contribution in [-0.4, -0.2) is 69.2 Å². The number of pyridine rings is 5. The van der Waals surface area contributed by atoms with Crippen molar-refractivity contribution in [1.29, 1.82) is 0 Å². The van der Waals surface area contributed by atoms with Gasteiger partial charge >= 0.3 is 6.03 Å². The molecule has 2 fully saturated rings. The molecule has 4 bridgehead atoms. The van der Waals surface area contributed by atoms with Gasteiger partial charge in [-0.3, -0.25) is 19.9 Å². The van der Waals surface area contributed by atoms with E-state index in [1.165, 1.54) is 0 Å². The second-order valence-corrected chi connectivity index (χ2v) is 13.5. The van der Waals surface area contributed by atoms with Crippen molar-refractivity contribution in [2.45, 2.75) is 38.8 Å². The Bertz CT molecular complexity index is 2060. The van der Waals surface area contributed by atoms with Gasteiger partial charge in [-0.2, -0.15) is 0 Å². The van der Waals surface area contributed by atoms with Gasteiger partial charge in [0.1, 0.15) is 0 Å². The molecule has 4 aliphatic heterocycles. The molecule has 2 amide bonds. The zero-order chi connectivity index (χ0) is 33.6. The fourth-order valence-electron chi connectivity index (χ4n) is 7.01. The first kappa shape index (κ1) is 31.3. The van der Waals surface area contributed by atoms with Crippen molar-refractivity contribution in [3.05, 3.63) is 94.8 Å². The first-order valence-electron chi connectivity index (χ1n) is 16.3. The number of rotatable bonds is 3. The van der Waals surface area contributed by atoms with Crippen molar-refractivity contribution >= 4 is 57.9 Å². The van der Waals surface area contributed by atoms with E-state index in [9.17, 15) is 4.79 Å². The Morgan fingerprint density at radius 2 is 1.51 bits per heavy atom. The summed E-state index contributed by atoms with van der Waals surface area (Å²) in [5, 5.41) is 7.71. The summed E-state index contributed by atoms with van der Waals surface area (Å²) in [4.78, 5) is 41.7. The summed E-state index contributed by atoms with van der Waals surface area (Å²) in [6.07, 6.45) is 8.89. The minimum absolute atomic E-state index is 0.0693. The van der Waals surface area contributed by atoms with Gasteiger partial charge in [0.25, 0.3) is 0 Å². The van der Waals surface area contributed by atoms with Gasteiger partial charge in [0.15, 0.2) is 11.6 Å². The molecule has 5 aromatic rings. The number of anilines is 5. The maximum Gasteiger partial charge on any atom is 0.327 e. The molecule has 5 aromatic heterocycles. The van der Waals surface area contributed by atoms with Gasteiger partial charge < -0.3 is 20.4 Å². The summed E-state index contributed by atoms with van der Waals surface area (Å²) in [5.74, 6) is 1.58. The average Bonchev–Trinajstić information content (AvgIpc) is 3.70. The highest BCUT2D eigenvalue weighted by molar-refractivity contribution is 6.34. The molecule has 9 rings (SSSR count). The van der Waals surface area contributed by atoms with Crippen LogP contribution >= 0.6 is 23.2 Å². The van der Waals surface area contributed by atoms with Crippen molar-refractivity contribution in [3.63, 3.8) is 0 Å². The molecule has 2 N–H and O–H groups in total. The molecule has 4 aliphatic rings. The van der Waals surface area contributed by atoms with Gasteiger partial charge in [-0.25, -0.2) is 14.8 Å². The third kappa shape index (κ3) is 6.08. The van der Waals surface area contributed by atoms with E-state index >= 15 is 0 Å². The molecule has 0 saturated carbocycles. The van der Waals surface area contributed by atoms with E-state index in [-0.39, 0.29) is 12.1 Å². The number of hydrogen-bond acceptors (Lipinski definition) is 9. The molecular weight excluding hydrogens is 659 g/mol. The lowest BCUT2D eigenvalue weighted by Gasteiger charge is -2.36. The zero-order valence-electron chi connectivity index (χ0n) is 27.1. The number of fused-ring (bicyclic) bond motifs is 8. The number of carbonyl (C=O) groups is 1. The lowest BCUT2D eigenvalue weighted by molar-refractivity contribution is 0.255. The van der Waals surface area contributed by atoms with Crippen LogP contribution in [0, 0.1) is 13.8 Å². The average molecular weight is 694 g/mol. The van der Waals surface area contributed by atoms with Crippen molar-refractivity contribution in [3.8, 4) is 22.5 Å². The van der Waals surface area contributed by atoms with E-state index in [4.69, 9.17) is 33.2 Å². The van der Waals surface area contributed by atoms with Crippen LogP contribution in [0.1, 0.15) is 24.2 Å². The largest absolute Gasteiger partial charge is 0.366 e. The first-order valence-corrected chi connectivity index (χ1v) is 17.1. The molecule has 0 aliphatic carbocycles. The van der Waals surface area contributed by atoms with Crippen molar-refractivity contribution in [2.75, 3.05) is 51.5 Å². The third-order valence-corrected chi connectivity index (χ3v) is 9.91. The summed E-state index contributed by atoms with van der Waals surface area (Å²) in [7, 11) is 0. The predicted molar refractivity (Wildman–Crippen MR) is 195 cm³/mol. The number of halogens is 2. The van der Waals surface area contributed by atoms with Gasteiger partial charge in [-0.05, 0) is 75.2 Å². The summed E-state index contributed by atoms with van der Waals surface area (Å²) in [6.45, 7) is 7.68. The Hall–Kier alpha value is -5.00. The van der Waals surface area contributed by atoms with E-state index in [0.29, 0.717) is 33.3 Å². The standard InChI is InChI=1S/C21H19ClN6O.C15H15ClN4/c1-13-9-14(4-7-24-13)19-17(22)10-18-20(26-19)28(16-5-8-27(18)12-16)21(29)25-15-3-2-6-23-11-15;1-9-6-10(2-4-17-9)14-12(16)7-13-15(19-14)18-11-3-5-20(13)8-11/h2-4,6-7,9-11,16H,5,8,12H2,1H3,(H,25,29);2,4,6-7,11H,3,5,8H2,1H3,(H,18,19)/t16-;11-/m00/s1. The summed E-state index contributed by atoms with van der Waals surface area (Å²) < 4.78 is 0. The maximum atomic E-state index is 13.2. The SMILES string of the molecule is Cc1cc(-c2nc3c(cc2Cl)N2CC[C@@H](C2)N3)ccn1.Cc1cc(-c2nc3c(cc2Cl)N2CC[C@@H](C2)N3C(=O)Nc2cccnc2)ccn1. The number of nitrogens with one attached hydrogen (secondary N) is 2. The monoisotopic (exact) mass is 692 g/mol. The molecule has 248 valence electrons. The van der Waals surface area contributed by atoms with Gasteiger partial charge in [-0.15, -0.1) is 0 Å². The lowest BCUT2D eigenvalue weighted by atomic mass is 10.1. The molecular formula is C36H34Cl2N10O. The van der Waals surface area contributed by atoms with Crippen molar-refractivity contribution in [2.24, 2.45) is 0 Å². The smallest absolute Gasteiger partial charge is 0.327 e. The van der Waals surface area contributed by atoms with E-state index in [0.717, 1.165) is 84.4 Å². The fraction of sp³-hybridized carbons (Fsp3) is 0.278. The normalized spacial score (nSPS) is 18.2. The van der Waals surface area contributed by atoms with Crippen LogP contribution in [0.3, 0.4) is 0 Å². The van der Waals surface area contributed by atoms with Crippen LogP contribution in [0.15, 0.2) is 73.3 Å². The first-order chi connectivity index (χ1) is 23.8. The quantitative estimate of drug-likeness (QED) is 0.202. The molecule has 2 atom stereocenters. The maximum absolute atomic E-state index is 13.2. The van der Waals surface area contributed by atoms with Crippen LogP contribution in [0.4, 0.5) is 33.5 Å². The Labute approximate surface area is 294 Å². The van der Waals surface area contributed by atoms with E-state index in [2.05, 4.69) is 35.4 Å². The molecule has 49 heavy (non-hydrogen) atoms. The van der Waals surface area contributed by atoms with Gasteiger partial charge in [0, 0.05) is 73.3 Å². The molecule has 0 radical (unpaired) electrons. The molecule has 0 spiro atoms. The molecule has 13 heteroatoms. The summed E-state index contributed by atoms with van der Waals surface area (Å²) >= 11 is 13.1. The zero-order valence-corrected chi connectivity index (χ0v) is 28.6. The molecule has 11 nitrogen and oxygen atoms in total. The van der Waals surface area contributed by atoms with E-state index < -0.39 is 0 Å². The van der Waals surface area contributed by atoms with Crippen LogP contribution in [0.2, 0.25) is 10.0 Å². The van der Waals surface area contributed by atoms with Crippen LogP contribution < -0.4 is 25.3 Å². The Kier molecular flexibility index (Phi) is 8.17. The van der Waals surface area contributed by atoms with E-state index in [1.807, 2.05) is 56.3 Å². The number of carbonyl (C=O) groups excluding carboxylic acids is 1. The molecule has 0 aromatic carbocycles. The lowest BCUT2D eigenvalue weighted by Crippen LogP contribution is -2.48. The highest BCUT2D eigenvalue weighted by Gasteiger charge is 2.41. The van der Waals surface area contributed by atoms with Crippen molar-refractivity contribution < 1.29 is 4.79 Å². The fourth-order valence-corrected chi connectivity index (χ4v) is 7.52. The number of hydrogen-bond donors (Lipinski definition) is 2. The predicted octanol–water partition coefficient (Wildman–Crippen LogP) is 7.24. The number of aryl methyl sites for hydroxylation is 2. The Morgan fingerprint density at radius 1 is 0.837 bits per heavy atom. The highest BCUT2D eigenvalue weighted by Crippen LogP contribution is 2.43. The van der Waals surface area contributed by atoms with Gasteiger partial charge in [-0.1, -0.05) is 23.2 Å². The highest BCUT2D eigenvalue weighted by atomic mass is 35.5. The van der Waals surface area contributed by atoms with Crippen LogP contribution in [-0.2, 0) is 0 Å². The molecule has 2 saturated heterocycles. The van der Waals surface area contributed by atoms with E-state index in [1.54, 1.807) is 35.8 Å². The second-order valence-electron chi connectivity index (χ2n) is 12.7. The number of amides is 2. The molecule has 0 unspecified atom stereocenters. The summed E-state index contributed by atoms with van der Waals surface area (Å²) in [5.41, 5.74) is 7.88. The summed E-state index contributed by atoms with van der Waals surface area (Å²) in [6, 6.07) is 15.7. The topological polar surface area (TPSA) is 115 Å². The second kappa shape index (κ2) is 12.8. The van der Waals surface area contributed by atoms with Crippen molar-refractivity contribution in [1.82, 2.24) is 24.9 Å². The Balaban J connectivity index is 0.000000152. The minimum atomic E-state index is -0.211.